The maximum absolute atomic E-state index is 8.98. The van der Waals surface area contributed by atoms with Crippen LogP contribution in [-0.4, -0.2) is 27.9 Å². The van der Waals surface area contributed by atoms with Gasteiger partial charge in [0.15, 0.2) is 6.33 Å². The van der Waals surface area contributed by atoms with Crippen molar-refractivity contribution in [3.8, 4) is 0 Å². The van der Waals surface area contributed by atoms with Crippen LogP contribution in [0.25, 0.3) is 0 Å². The van der Waals surface area contributed by atoms with Gasteiger partial charge in [-0.05, 0) is 0 Å². The highest BCUT2D eigenvalue weighted by atomic mass is 16.5. The average Bonchev–Trinajstić information content (AvgIpc) is 2.40. The average molecular weight is 143 g/mol. The van der Waals surface area contributed by atoms with Gasteiger partial charge < -0.3 is 15.4 Å². The summed E-state index contributed by atoms with van der Waals surface area (Å²) in [6.45, 7) is 0.211. The molecule has 0 saturated carbocycles. The predicted octanol–water partition coefficient (Wildman–Crippen LogP) is -1.07. The van der Waals surface area contributed by atoms with Crippen molar-refractivity contribution < 1.29 is 9.63 Å². The highest BCUT2D eigenvalue weighted by Crippen LogP contribution is 1.95. The summed E-state index contributed by atoms with van der Waals surface area (Å²) in [6, 6.07) is 0. The highest BCUT2D eigenvalue weighted by Gasteiger charge is 2.06. The molecule has 1 rings (SSSR count). The molecule has 1 heterocycles. The van der Waals surface area contributed by atoms with E-state index in [-0.39, 0.29) is 6.54 Å². The Bertz CT molecular complexity index is 175. The van der Waals surface area contributed by atoms with Gasteiger partial charge >= 0.3 is 0 Å². The van der Waals surface area contributed by atoms with Crippen molar-refractivity contribution in [2.45, 2.75) is 12.5 Å². The summed E-state index contributed by atoms with van der Waals surface area (Å²) in [5.74, 6) is 0.415. The van der Waals surface area contributed by atoms with Crippen LogP contribution >= 0.6 is 0 Å². The molecule has 5 nitrogen and oxygen atoms in total. The molecule has 0 bridgehead atoms. The molecule has 1 aromatic rings. The SMILES string of the molecule is NCC(O)Cc1ncno1. The molecule has 56 valence electrons. The molecule has 10 heavy (non-hydrogen) atoms. The normalized spacial score (nSPS) is 13.4. The van der Waals surface area contributed by atoms with Crippen LogP contribution in [0.15, 0.2) is 10.9 Å². The minimum absolute atomic E-state index is 0.211. The van der Waals surface area contributed by atoms with Gasteiger partial charge in [-0.15, -0.1) is 0 Å². The Labute approximate surface area is 57.8 Å². The van der Waals surface area contributed by atoms with Gasteiger partial charge in [0.1, 0.15) is 0 Å². The highest BCUT2D eigenvalue weighted by molar-refractivity contribution is 4.78. The minimum Gasteiger partial charge on any atom is -0.391 e. The number of aromatic nitrogens is 2. The molecule has 0 aliphatic rings. The third-order valence-corrected chi connectivity index (χ3v) is 1.09. The Kier molecular flexibility index (Phi) is 2.35. The van der Waals surface area contributed by atoms with Crippen LogP contribution in [0.1, 0.15) is 5.89 Å². The minimum atomic E-state index is -0.583. The third-order valence-electron chi connectivity index (χ3n) is 1.09. The zero-order valence-electron chi connectivity index (χ0n) is 5.40. The van der Waals surface area contributed by atoms with Crippen LogP contribution in [0.5, 0.6) is 0 Å². The Morgan fingerprint density at radius 3 is 3.10 bits per heavy atom. The van der Waals surface area contributed by atoms with Gasteiger partial charge in [-0.25, -0.2) is 0 Å². The van der Waals surface area contributed by atoms with Gasteiger partial charge in [-0.3, -0.25) is 0 Å². The van der Waals surface area contributed by atoms with Crippen LogP contribution in [0, 0.1) is 0 Å². The van der Waals surface area contributed by atoms with Gasteiger partial charge in [0.2, 0.25) is 5.89 Å². The number of rotatable bonds is 3. The van der Waals surface area contributed by atoms with Crippen LogP contribution < -0.4 is 5.73 Å². The Balaban J connectivity index is 2.40. The van der Waals surface area contributed by atoms with Crippen molar-refractivity contribution in [3.05, 3.63) is 12.2 Å². The molecular weight excluding hydrogens is 134 g/mol. The summed E-state index contributed by atoms with van der Waals surface area (Å²) in [6.07, 6.45) is 1.04. The van der Waals surface area contributed by atoms with Crippen molar-refractivity contribution in [2.75, 3.05) is 6.54 Å². The largest absolute Gasteiger partial charge is 0.391 e. The molecule has 0 aromatic carbocycles. The van der Waals surface area contributed by atoms with E-state index in [4.69, 9.17) is 10.8 Å². The topological polar surface area (TPSA) is 85.2 Å². The molecule has 3 N–H and O–H groups in total. The van der Waals surface area contributed by atoms with E-state index in [0.717, 1.165) is 0 Å². The number of hydrogen-bond donors (Lipinski definition) is 2. The van der Waals surface area contributed by atoms with Crippen molar-refractivity contribution in [1.29, 1.82) is 0 Å². The first-order valence-electron chi connectivity index (χ1n) is 2.96. The first kappa shape index (κ1) is 7.17. The molecule has 0 saturated heterocycles. The van der Waals surface area contributed by atoms with Gasteiger partial charge in [0, 0.05) is 6.54 Å². The zero-order valence-corrected chi connectivity index (χ0v) is 5.40. The van der Waals surface area contributed by atoms with Crippen LogP contribution in [0.2, 0.25) is 0 Å². The van der Waals surface area contributed by atoms with Crippen LogP contribution in [0.4, 0.5) is 0 Å². The van der Waals surface area contributed by atoms with E-state index in [1.807, 2.05) is 0 Å². The second kappa shape index (κ2) is 3.28. The summed E-state index contributed by atoms with van der Waals surface area (Å²) in [7, 11) is 0. The number of hydrogen-bond acceptors (Lipinski definition) is 5. The van der Waals surface area contributed by atoms with Crippen LogP contribution in [0.3, 0.4) is 0 Å². The van der Waals surface area contributed by atoms with Gasteiger partial charge in [0.25, 0.3) is 0 Å². The van der Waals surface area contributed by atoms with Crippen molar-refractivity contribution in [2.24, 2.45) is 5.73 Å². The van der Waals surface area contributed by atoms with E-state index >= 15 is 0 Å². The molecule has 0 aliphatic carbocycles. The second-order valence-corrected chi connectivity index (χ2v) is 1.93. The van der Waals surface area contributed by atoms with E-state index in [0.29, 0.717) is 12.3 Å². The van der Waals surface area contributed by atoms with E-state index in [9.17, 15) is 0 Å². The summed E-state index contributed by atoms with van der Waals surface area (Å²) >= 11 is 0. The number of aliphatic hydroxyl groups is 1. The van der Waals surface area contributed by atoms with E-state index < -0.39 is 6.10 Å². The van der Waals surface area contributed by atoms with Gasteiger partial charge in [-0.2, -0.15) is 4.98 Å². The van der Waals surface area contributed by atoms with E-state index in [1.54, 1.807) is 0 Å². The third kappa shape index (κ3) is 1.78. The molecule has 1 atom stereocenters. The number of nitrogens with two attached hydrogens (primary N) is 1. The van der Waals surface area contributed by atoms with E-state index in [2.05, 4.69) is 14.7 Å². The standard InChI is InChI=1S/C5H9N3O2/c6-2-4(9)1-5-7-3-8-10-5/h3-4,9H,1-2,6H2. The fourth-order valence-electron chi connectivity index (χ4n) is 0.571. The summed E-state index contributed by atoms with van der Waals surface area (Å²) in [4.78, 5) is 3.71. The zero-order chi connectivity index (χ0) is 7.40. The second-order valence-electron chi connectivity index (χ2n) is 1.93. The fourth-order valence-corrected chi connectivity index (χ4v) is 0.571. The number of aliphatic hydroxyl groups excluding tert-OH is 1. The van der Waals surface area contributed by atoms with Crippen LogP contribution in [-0.2, 0) is 6.42 Å². The lowest BCUT2D eigenvalue weighted by molar-refractivity contribution is 0.170. The maximum atomic E-state index is 8.98. The summed E-state index contributed by atoms with van der Waals surface area (Å²) < 4.78 is 4.63. The lowest BCUT2D eigenvalue weighted by Gasteiger charge is -2.00. The first-order valence-corrected chi connectivity index (χ1v) is 2.96. The fraction of sp³-hybridized carbons (Fsp3) is 0.600. The monoisotopic (exact) mass is 143 g/mol. The molecule has 0 spiro atoms. The Morgan fingerprint density at radius 1 is 1.80 bits per heavy atom. The van der Waals surface area contributed by atoms with Crippen molar-refractivity contribution in [1.82, 2.24) is 10.1 Å². The van der Waals surface area contributed by atoms with Gasteiger partial charge in [0.05, 0.1) is 12.5 Å². The van der Waals surface area contributed by atoms with Crippen molar-refractivity contribution in [3.63, 3.8) is 0 Å². The summed E-state index contributed by atoms with van der Waals surface area (Å²) in [5.41, 5.74) is 5.15. The molecule has 1 aromatic heterocycles. The molecule has 0 aliphatic heterocycles. The van der Waals surface area contributed by atoms with E-state index in [1.165, 1.54) is 6.33 Å². The Hall–Kier alpha value is -0.940. The maximum Gasteiger partial charge on any atom is 0.229 e. The lowest BCUT2D eigenvalue weighted by Crippen LogP contribution is -2.22. The molecular formula is C5H9N3O2. The number of nitrogens with zero attached hydrogens (tertiary/aromatic N) is 2. The molecule has 0 fully saturated rings. The summed E-state index contributed by atoms with van der Waals surface area (Å²) in [5, 5.41) is 12.3. The smallest absolute Gasteiger partial charge is 0.229 e. The lowest BCUT2D eigenvalue weighted by atomic mass is 10.2. The Morgan fingerprint density at radius 2 is 2.60 bits per heavy atom. The molecule has 0 radical (unpaired) electrons. The molecule has 0 amide bonds. The molecule has 1 unspecified atom stereocenters. The quantitative estimate of drug-likeness (QED) is 0.562. The first-order chi connectivity index (χ1) is 4.83. The molecule has 5 heteroatoms. The van der Waals surface area contributed by atoms with Crippen molar-refractivity contribution >= 4 is 0 Å². The van der Waals surface area contributed by atoms with Gasteiger partial charge in [-0.1, -0.05) is 5.16 Å². The predicted molar refractivity (Wildman–Crippen MR) is 33.1 cm³/mol.